The van der Waals surface area contributed by atoms with Crippen LogP contribution in [0.2, 0.25) is 0 Å². The van der Waals surface area contributed by atoms with E-state index < -0.39 is 53.7 Å². The van der Waals surface area contributed by atoms with Crippen molar-refractivity contribution >= 4 is 11.8 Å². The minimum Gasteiger partial charge on any atom is -0.376 e. The number of halogens is 6. The van der Waals surface area contributed by atoms with E-state index >= 15 is 0 Å². The average molecular weight is 517 g/mol. The Morgan fingerprint density at radius 2 is 1.50 bits per heavy atom. The van der Waals surface area contributed by atoms with E-state index in [1.807, 2.05) is 30.3 Å². The number of alkyl halides is 6. The molecule has 1 aliphatic heterocycles. The predicted octanol–water partition coefficient (Wildman–Crippen LogP) is 4.18. The lowest BCUT2D eigenvalue weighted by molar-refractivity contribution is -0.143. The largest absolute Gasteiger partial charge is 0.416 e. The molecule has 12 heteroatoms. The van der Waals surface area contributed by atoms with Crippen LogP contribution in [0.1, 0.15) is 41.5 Å². The molecule has 1 fully saturated rings. The smallest absolute Gasteiger partial charge is 0.376 e. The Morgan fingerprint density at radius 1 is 0.944 bits per heavy atom. The maximum atomic E-state index is 13.2. The number of hydrogen-bond donors (Lipinski definition) is 2. The van der Waals surface area contributed by atoms with Gasteiger partial charge in [0.1, 0.15) is 6.42 Å². The number of carbonyl (C=O) groups is 2. The van der Waals surface area contributed by atoms with Crippen LogP contribution >= 0.6 is 0 Å². The fourth-order valence-electron chi connectivity index (χ4n) is 4.20. The van der Waals surface area contributed by atoms with Gasteiger partial charge in [0, 0.05) is 18.5 Å². The standard InChI is InChI=1S/C24H25F6N3O3/c25-23(26,27)18-10-16(11-19(12-18)24(28,29)30)14-36-15-22(17-4-2-1-3-5-17)6-8-33(9-7-22)32-21(35)13-20(31)34/h1-5,10-12H,6-9,13-15H2,(H2,31,34)(H,32,35). The van der Waals surface area contributed by atoms with E-state index in [0.29, 0.717) is 38.1 Å². The molecule has 0 spiro atoms. The summed E-state index contributed by atoms with van der Waals surface area (Å²) < 4.78 is 84.7. The average Bonchev–Trinajstić information content (AvgIpc) is 2.79. The van der Waals surface area contributed by atoms with Crippen LogP contribution in [0.15, 0.2) is 48.5 Å². The van der Waals surface area contributed by atoms with E-state index in [0.717, 1.165) is 5.56 Å². The molecule has 1 heterocycles. The highest BCUT2D eigenvalue weighted by atomic mass is 19.4. The summed E-state index contributed by atoms with van der Waals surface area (Å²) >= 11 is 0. The van der Waals surface area contributed by atoms with Crippen molar-refractivity contribution in [1.29, 1.82) is 0 Å². The summed E-state index contributed by atoms with van der Waals surface area (Å²) in [5, 5.41) is 1.63. The molecule has 0 bridgehead atoms. The van der Waals surface area contributed by atoms with Crippen LogP contribution < -0.4 is 11.2 Å². The van der Waals surface area contributed by atoms with Gasteiger partial charge in [-0.3, -0.25) is 15.0 Å². The first-order valence-corrected chi connectivity index (χ1v) is 11.0. The Balaban J connectivity index is 1.74. The molecule has 196 valence electrons. The van der Waals surface area contributed by atoms with Crippen molar-refractivity contribution < 1.29 is 40.7 Å². The normalized spacial score (nSPS) is 16.5. The Bertz CT molecular complexity index is 1030. The second kappa shape index (κ2) is 10.9. The van der Waals surface area contributed by atoms with Gasteiger partial charge in [-0.15, -0.1) is 0 Å². The highest BCUT2D eigenvalue weighted by molar-refractivity contribution is 5.95. The van der Waals surface area contributed by atoms with Gasteiger partial charge in [-0.05, 0) is 42.2 Å². The summed E-state index contributed by atoms with van der Waals surface area (Å²) in [4.78, 5) is 22.8. The second-order valence-electron chi connectivity index (χ2n) is 8.72. The molecule has 6 nitrogen and oxygen atoms in total. The van der Waals surface area contributed by atoms with Crippen molar-refractivity contribution in [2.24, 2.45) is 5.73 Å². The second-order valence-corrected chi connectivity index (χ2v) is 8.72. The molecular formula is C24H25F6N3O3. The number of amides is 2. The van der Waals surface area contributed by atoms with Crippen LogP contribution in [0.4, 0.5) is 26.3 Å². The van der Waals surface area contributed by atoms with Crippen molar-refractivity contribution in [1.82, 2.24) is 10.4 Å². The van der Waals surface area contributed by atoms with E-state index in [9.17, 15) is 35.9 Å². The third-order valence-electron chi connectivity index (χ3n) is 6.02. The zero-order valence-corrected chi connectivity index (χ0v) is 19.1. The first kappa shape index (κ1) is 27.5. The minimum atomic E-state index is -4.94. The molecule has 2 aromatic carbocycles. The molecule has 1 aliphatic rings. The number of rotatable bonds is 8. The number of nitrogens with zero attached hydrogens (tertiary/aromatic N) is 1. The molecule has 0 atom stereocenters. The van der Waals surface area contributed by atoms with Gasteiger partial charge in [-0.1, -0.05) is 30.3 Å². The van der Waals surface area contributed by atoms with Crippen molar-refractivity contribution in [3.63, 3.8) is 0 Å². The number of hydrazine groups is 1. The first-order valence-electron chi connectivity index (χ1n) is 11.0. The number of benzene rings is 2. The van der Waals surface area contributed by atoms with Gasteiger partial charge in [0.15, 0.2) is 0 Å². The highest BCUT2D eigenvalue weighted by Gasteiger charge is 2.38. The number of piperidine rings is 1. The fourth-order valence-corrected chi connectivity index (χ4v) is 4.20. The quantitative estimate of drug-likeness (QED) is 0.407. The molecule has 0 aliphatic carbocycles. The molecule has 0 unspecified atom stereocenters. The van der Waals surface area contributed by atoms with E-state index in [-0.39, 0.29) is 18.2 Å². The molecule has 36 heavy (non-hydrogen) atoms. The maximum Gasteiger partial charge on any atom is 0.416 e. The fraction of sp³-hybridized carbons (Fsp3) is 0.417. The number of primary amides is 1. The minimum absolute atomic E-state index is 0.0394. The summed E-state index contributed by atoms with van der Waals surface area (Å²) in [6, 6.07) is 10.6. The summed E-state index contributed by atoms with van der Waals surface area (Å²) in [5.74, 6) is -1.31. The highest BCUT2D eigenvalue weighted by Crippen LogP contribution is 2.38. The van der Waals surface area contributed by atoms with E-state index in [2.05, 4.69) is 5.43 Å². The molecule has 3 N–H and O–H groups in total. The van der Waals surface area contributed by atoms with Crippen LogP contribution in [0.25, 0.3) is 0 Å². The van der Waals surface area contributed by atoms with Gasteiger partial charge in [-0.2, -0.15) is 26.3 Å². The van der Waals surface area contributed by atoms with E-state index in [1.54, 1.807) is 5.01 Å². The summed E-state index contributed by atoms with van der Waals surface area (Å²) in [6.45, 7) is 0.355. The van der Waals surface area contributed by atoms with Crippen LogP contribution in [0.3, 0.4) is 0 Å². The van der Waals surface area contributed by atoms with Gasteiger partial charge in [0.2, 0.25) is 11.8 Å². The van der Waals surface area contributed by atoms with E-state index in [4.69, 9.17) is 10.5 Å². The van der Waals surface area contributed by atoms with Crippen LogP contribution in [-0.2, 0) is 38.7 Å². The van der Waals surface area contributed by atoms with Gasteiger partial charge >= 0.3 is 12.4 Å². The summed E-state index contributed by atoms with van der Waals surface area (Å²) in [7, 11) is 0. The van der Waals surface area contributed by atoms with Crippen molar-refractivity contribution in [3.05, 3.63) is 70.8 Å². The molecule has 3 rings (SSSR count). The van der Waals surface area contributed by atoms with E-state index in [1.165, 1.54) is 0 Å². The zero-order chi connectivity index (χ0) is 26.6. The first-order chi connectivity index (χ1) is 16.8. The molecule has 0 saturated carbocycles. The third kappa shape index (κ3) is 7.20. The molecule has 0 aromatic heterocycles. The van der Waals surface area contributed by atoms with Crippen molar-refractivity contribution in [2.75, 3.05) is 19.7 Å². The molecule has 0 radical (unpaired) electrons. The number of hydrogen-bond acceptors (Lipinski definition) is 4. The Hall–Kier alpha value is -3.12. The lowest BCUT2D eigenvalue weighted by atomic mass is 9.73. The Labute approximate surface area is 203 Å². The van der Waals surface area contributed by atoms with Crippen LogP contribution in [-0.4, -0.2) is 36.5 Å². The molecule has 2 amide bonds. The van der Waals surface area contributed by atoms with Crippen LogP contribution in [0, 0.1) is 0 Å². The Kier molecular flexibility index (Phi) is 8.29. The number of nitrogens with one attached hydrogen (secondary N) is 1. The number of ether oxygens (including phenoxy) is 1. The number of nitrogens with two attached hydrogens (primary N) is 1. The molecule has 1 saturated heterocycles. The predicted molar refractivity (Wildman–Crippen MR) is 117 cm³/mol. The zero-order valence-electron chi connectivity index (χ0n) is 19.1. The van der Waals surface area contributed by atoms with Gasteiger partial charge in [0.05, 0.1) is 24.3 Å². The van der Waals surface area contributed by atoms with Crippen molar-refractivity contribution in [3.8, 4) is 0 Å². The molecule has 2 aromatic rings. The van der Waals surface area contributed by atoms with Gasteiger partial charge in [0.25, 0.3) is 0 Å². The van der Waals surface area contributed by atoms with Crippen LogP contribution in [0.5, 0.6) is 0 Å². The summed E-state index contributed by atoms with van der Waals surface area (Å²) in [6.07, 6.45) is -9.38. The maximum absolute atomic E-state index is 13.2. The SMILES string of the molecule is NC(=O)CC(=O)NN1CCC(COCc2cc(C(F)(F)F)cc(C(F)(F)F)c2)(c2ccccc2)CC1. The van der Waals surface area contributed by atoms with Gasteiger partial charge < -0.3 is 10.5 Å². The van der Waals surface area contributed by atoms with Crippen molar-refractivity contribution in [2.45, 2.75) is 43.6 Å². The third-order valence-corrected chi connectivity index (χ3v) is 6.02. The number of carbonyl (C=O) groups excluding carboxylic acids is 2. The lowest BCUT2D eigenvalue weighted by Crippen LogP contribution is -2.52. The Morgan fingerprint density at radius 3 is 2.00 bits per heavy atom. The lowest BCUT2D eigenvalue weighted by Gasteiger charge is -2.42. The topological polar surface area (TPSA) is 84.7 Å². The summed E-state index contributed by atoms with van der Waals surface area (Å²) in [5.41, 5.74) is 4.91. The molecular weight excluding hydrogens is 492 g/mol. The monoisotopic (exact) mass is 517 g/mol. The van der Waals surface area contributed by atoms with Gasteiger partial charge in [-0.25, -0.2) is 5.01 Å².